The molecule has 1 aliphatic rings. The minimum atomic E-state index is -0.957. The van der Waals surface area contributed by atoms with Gasteiger partial charge in [0, 0.05) is 18.3 Å². The molecule has 0 aromatic carbocycles. The van der Waals surface area contributed by atoms with E-state index in [9.17, 15) is 9.50 Å². The summed E-state index contributed by atoms with van der Waals surface area (Å²) in [6.45, 7) is 5.00. The van der Waals surface area contributed by atoms with Crippen LogP contribution >= 0.6 is 0 Å². The molecule has 5 heterocycles. The molecule has 0 unspecified atom stereocenters. The summed E-state index contributed by atoms with van der Waals surface area (Å²) in [6, 6.07) is 9.15. The van der Waals surface area contributed by atoms with E-state index >= 15 is 0 Å². The number of pyridine rings is 1. The molecule has 10 heteroatoms. The normalized spacial score (nSPS) is 19.2. The number of anilines is 1. The molecule has 2 atom stereocenters. The van der Waals surface area contributed by atoms with Gasteiger partial charge in [-0.3, -0.25) is 4.68 Å². The lowest BCUT2D eigenvalue weighted by Crippen LogP contribution is -2.45. The zero-order valence-electron chi connectivity index (χ0n) is 18.6. The van der Waals surface area contributed by atoms with Crippen molar-refractivity contribution in [3.8, 4) is 22.6 Å². The van der Waals surface area contributed by atoms with Crippen molar-refractivity contribution >= 4 is 11.5 Å². The monoisotopic (exact) mass is 450 g/mol. The van der Waals surface area contributed by atoms with E-state index in [1.54, 1.807) is 35.4 Å². The third kappa shape index (κ3) is 4.71. The van der Waals surface area contributed by atoms with Crippen LogP contribution in [0.5, 0.6) is 0 Å². The second-order valence-electron chi connectivity index (χ2n) is 9.04. The van der Waals surface area contributed by atoms with Crippen LogP contribution in [0.1, 0.15) is 20.3 Å². The summed E-state index contributed by atoms with van der Waals surface area (Å²) in [6.07, 6.45) is 5.07. The molecule has 33 heavy (non-hydrogen) atoms. The quantitative estimate of drug-likeness (QED) is 0.415. The van der Waals surface area contributed by atoms with Gasteiger partial charge in [-0.1, -0.05) is 6.07 Å². The van der Waals surface area contributed by atoms with Crippen LogP contribution in [-0.2, 0) is 6.54 Å². The molecule has 0 bridgehead atoms. The summed E-state index contributed by atoms with van der Waals surface area (Å²) in [7, 11) is 0. The molecule has 5 rings (SSSR count). The summed E-state index contributed by atoms with van der Waals surface area (Å²) < 4.78 is 17.7. The summed E-state index contributed by atoms with van der Waals surface area (Å²) in [4.78, 5) is 9.16. The van der Waals surface area contributed by atoms with Gasteiger partial charge >= 0.3 is 0 Å². The van der Waals surface area contributed by atoms with Gasteiger partial charge in [-0.15, -0.1) is 0 Å². The highest BCUT2D eigenvalue weighted by Crippen LogP contribution is 2.24. The maximum atomic E-state index is 14.2. The fourth-order valence-corrected chi connectivity index (χ4v) is 4.01. The van der Waals surface area contributed by atoms with Gasteiger partial charge in [0.15, 0.2) is 5.65 Å². The Morgan fingerprint density at radius 1 is 1.21 bits per heavy atom. The third-order valence-electron chi connectivity index (χ3n) is 5.59. The smallest absolute Gasteiger partial charge is 0.154 e. The van der Waals surface area contributed by atoms with Crippen LogP contribution in [0.25, 0.3) is 28.3 Å². The van der Waals surface area contributed by atoms with Crippen molar-refractivity contribution in [1.29, 1.82) is 0 Å². The number of aliphatic hydroxyl groups is 1. The third-order valence-corrected chi connectivity index (χ3v) is 5.59. The van der Waals surface area contributed by atoms with Crippen LogP contribution in [0.4, 0.5) is 10.2 Å². The molecule has 0 aliphatic carbocycles. The van der Waals surface area contributed by atoms with Crippen LogP contribution in [-0.4, -0.2) is 65.4 Å². The second-order valence-corrected chi connectivity index (χ2v) is 9.04. The van der Waals surface area contributed by atoms with Crippen molar-refractivity contribution in [2.24, 2.45) is 0 Å². The zero-order valence-corrected chi connectivity index (χ0v) is 18.6. The number of fused-ring (bicyclic) bond motifs is 1. The van der Waals surface area contributed by atoms with E-state index < -0.39 is 11.8 Å². The topological polar surface area (TPSA) is 105 Å². The van der Waals surface area contributed by atoms with E-state index in [4.69, 9.17) is 10.1 Å². The predicted molar refractivity (Wildman–Crippen MR) is 124 cm³/mol. The average molecular weight is 451 g/mol. The van der Waals surface area contributed by atoms with Gasteiger partial charge in [0.05, 0.1) is 42.0 Å². The number of halogens is 1. The molecule has 1 saturated heterocycles. The number of nitrogens with one attached hydrogen (secondary N) is 2. The van der Waals surface area contributed by atoms with E-state index in [1.165, 1.54) is 0 Å². The van der Waals surface area contributed by atoms with Crippen molar-refractivity contribution in [2.45, 2.75) is 44.6 Å². The van der Waals surface area contributed by atoms with Crippen LogP contribution in [0.3, 0.4) is 0 Å². The number of hydrogen-bond acceptors (Lipinski definition) is 7. The second kappa shape index (κ2) is 8.53. The Labute approximate surface area is 190 Å². The number of hydrogen-bond donors (Lipinski definition) is 3. The van der Waals surface area contributed by atoms with Crippen LogP contribution in [0.2, 0.25) is 0 Å². The maximum absolute atomic E-state index is 14.2. The first-order chi connectivity index (χ1) is 15.9. The van der Waals surface area contributed by atoms with Crippen molar-refractivity contribution in [1.82, 2.24) is 34.7 Å². The van der Waals surface area contributed by atoms with Crippen molar-refractivity contribution < 1.29 is 9.50 Å². The standard InChI is InChI=1S/C23H27FN8O/c1-23(2,33)14-31-13-15(10-27-31)17-6-7-22-26-12-20(32(22)30-17)19-4-3-5-21(29-19)28-18-8-9-25-11-16(18)24/h3-7,10,12-13,16,18,25,33H,8-9,11,14H2,1-2H3,(H,28,29)/t16-,18-/m0/s1. The van der Waals surface area contributed by atoms with Gasteiger partial charge in [-0.25, -0.2) is 18.9 Å². The van der Waals surface area contributed by atoms with Gasteiger partial charge in [-0.05, 0) is 51.1 Å². The van der Waals surface area contributed by atoms with Gasteiger partial charge in [-0.2, -0.15) is 10.2 Å². The summed E-state index contributed by atoms with van der Waals surface area (Å²) in [5.41, 5.74) is 2.83. The number of alkyl halides is 1. The lowest BCUT2D eigenvalue weighted by atomic mass is 10.1. The highest BCUT2D eigenvalue weighted by molar-refractivity contribution is 5.64. The van der Waals surface area contributed by atoms with Gasteiger partial charge < -0.3 is 15.7 Å². The van der Waals surface area contributed by atoms with E-state index in [0.29, 0.717) is 36.7 Å². The first-order valence-electron chi connectivity index (χ1n) is 11.0. The molecule has 172 valence electrons. The Hall–Kier alpha value is -3.37. The number of nitrogens with zero attached hydrogens (tertiary/aromatic N) is 6. The van der Waals surface area contributed by atoms with Gasteiger partial charge in [0.2, 0.25) is 0 Å². The summed E-state index contributed by atoms with van der Waals surface area (Å²) in [5.74, 6) is 0.626. The fraction of sp³-hybridized carbons (Fsp3) is 0.391. The van der Waals surface area contributed by atoms with Gasteiger partial charge in [0.1, 0.15) is 17.7 Å². The Morgan fingerprint density at radius 3 is 2.91 bits per heavy atom. The Kier molecular flexibility index (Phi) is 5.55. The van der Waals surface area contributed by atoms with Crippen molar-refractivity contribution in [3.63, 3.8) is 0 Å². The number of rotatable bonds is 6. The highest BCUT2D eigenvalue weighted by Gasteiger charge is 2.24. The first-order valence-corrected chi connectivity index (χ1v) is 11.0. The molecule has 4 aromatic rings. The van der Waals surface area contributed by atoms with Crippen LogP contribution in [0.15, 0.2) is 48.9 Å². The molecule has 0 radical (unpaired) electrons. The lowest BCUT2D eigenvalue weighted by molar-refractivity contribution is 0.0577. The number of piperidine rings is 1. The molecular weight excluding hydrogens is 423 g/mol. The maximum Gasteiger partial charge on any atom is 0.154 e. The number of imidazole rings is 1. The SMILES string of the molecule is CC(C)(O)Cn1cc(-c2ccc3ncc(-c4cccc(N[C@H]5CCNC[C@@H]5F)n4)n3n2)cn1. The Bertz CT molecular complexity index is 1260. The lowest BCUT2D eigenvalue weighted by Gasteiger charge is -2.27. The molecule has 0 spiro atoms. The minimum Gasteiger partial charge on any atom is -0.389 e. The minimum absolute atomic E-state index is 0.263. The Balaban J connectivity index is 1.44. The van der Waals surface area contributed by atoms with Crippen molar-refractivity contribution in [3.05, 3.63) is 48.9 Å². The van der Waals surface area contributed by atoms with E-state index in [-0.39, 0.29) is 6.04 Å². The van der Waals surface area contributed by atoms with Crippen molar-refractivity contribution in [2.75, 3.05) is 18.4 Å². The predicted octanol–water partition coefficient (Wildman–Crippen LogP) is 2.54. The van der Waals surface area contributed by atoms with Crippen LogP contribution < -0.4 is 10.6 Å². The average Bonchev–Trinajstić information content (AvgIpc) is 3.41. The molecule has 9 nitrogen and oxygen atoms in total. The van der Waals surface area contributed by atoms with Gasteiger partial charge in [0.25, 0.3) is 0 Å². The molecule has 3 N–H and O–H groups in total. The molecular formula is C23H27FN8O. The first kappa shape index (κ1) is 21.5. The summed E-state index contributed by atoms with van der Waals surface area (Å²) in [5, 5.41) is 25.4. The molecule has 0 saturated carbocycles. The molecule has 1 aliphatic heterocycles. The summed E-state index contributed by atoms with van der Waals surface area (Å²) >= 11 is 0. The largest absolute Gasteiger partial charge is 0.389 e. The fourth-order valence-electron chi connectivity index (χ4n) is 4.01. The highest BCUT2D eigenvalue weighted by atomic mass is 19.1. The van der Waals surface area contributed by atoms with E-state index in [0.717, 1.165) is 23.5 Å². The number of aromatic nitrogens is 6. The Morgan fingerprint density at radius 2 is 2.09 bits per heavy atom. The molecule has 4 aromatic heterocycles. The molecule has 1 fully saturated rings. The zero-order chi connectivity index (χ0) is 23.0. The van der Waals surface area contributed by atoms with E-state index in [2.05, 4.69) is 20.7 Å². The van der Waals surface area contributed by atoms with Crippen LogP contribution in [0, 0.1) is 0 Å². The molecule has 0 amide bonds. The van der Waals surface area contributed by atoms with E-state index in [1.807, 2.05) is 36.5 Å².